The number of benzene rings is 2. The number of nitriles is 1. The maximum absolute atomic E-state index is 13.0. The summed E-state index contributed by atoms with van der Waals surface area (Å²) in [4.78, 5) is 18.5. The highest BCUT2D eigenvalue weighted by molar-refractivity contribution is 6.34. The zero-order valence-corrected chi connectivity index (χ0v) is 15.7. The van der Waals surface area contributed by atoms with Crippen LogP contribution in [0.2, 0.25) is 10.0 Å². The number of rotatable bonds is 4. The standard InChI is InChI=1S/C20H13Cl2N3O2/c1-25(17-7-3-2-5-13(17)12-23)20(26)15-6-4-10-24-19(15)27-18-11-14(21)8-9-16(18)22/h2-11H,1H3. The topological polar surface area (TPSA) is 66.2 Å². The molecule has 0 atom stereocenters. The number of carbonyl (C=O) groups is 1. The van der Waals surface area contributed by atoms with E-state index in [0.29, 0.717) is 21.3 Å². The molecule has 0 radical (unpaired) electrons. The van der Waals surface area contributed by atoms with Crippen LogP contribution in [0.5, 0.6) is 11.6 Å². The zero-order valence-electron chi connectivity index (χ0n) is 14.2. The second kappa shape index (κ2) is 8.09. The first-order chi connectivity index (χ1) is 13.0. The molecule has 1 aromatic heterocycles. The monoisotopic (exact) mass is 397 g/mol. The Balaban J connectivity index is 1.97. The summed E-state index contributed by atoms with van der Waals surface area (Å²) < 4.78 is 5.74. The molecule has 5 nitrogen and oxygen atoms in total. The molecule has 1 amide bonds. The van der Waals surface area contributed by atoms with Crippen molar-refractivity contribution in [2.45, 2.75) is 0 Å². The van der Waals surface area contributed by atoms with Crippen LogP contribution in [0.25, 0.3) is 0 Å². The number of para-hydroxylation sites is 1. The summed E-state index contributed by atoms with van der Waals surface area (Å²) in [6, 6.07) is 16.9. The second-order valence-electron chi connectivity index (χ2n) is 5.53. The third-order valence-corrected chi connectivity index (χ3v) is 4.34. The molecule has 3 rings (SSSR count). The summed E-state index contributed by atoms with van der Waals surface area (Å²) in [5.74, 6) is 0.00361. The third kappa shape index (κ3) is 4.03. The molecule has 2 aromatic carbocycles. The van der Waals surface area contributed by atoms with Gasteiger partial charge in [-0.2, -0.15) is 5.26 Å². The van der Waals surface area contributed by atoms with Gasteiger partial charge in [-0.3, -0.25) is 4.79 Å². The number of aromatic nitrogens is 1. The average molecular weight is 398 g/mol. The Morgan fingerprint density at radius 3 is 2.70 bits per heavy atom. The van der Waals surface area contributed by atoms with Crippen molar-refractivity contribution in [3.05, 3.63) is 82.0 Å². The Bertz CT molecular complexity index is 1050. The van der Waals surface area contributed by atoms with Gasteiger partial charge < -0.3 is 9.64 Å². The molecule has 0 aliphatic carbocycles. The number of halogens is 2. The van der Waals surface area contributed by atoms with Crippen LogP contribution in [0, 0.1) is 11.3 Å². The Hall–Kier alpha value is -3.07. The molecule has 0 unspecified atom stereocenters. The second-order valence-corrected chi connectivity index (χ2v) is 6.37. The average Bonchev–Trinajstić information content (AvgIpc) is 2.70. The van der Waals surface area contributed by atoms with Gasteiger partial charge in [0, 0.05) is 24.3 Å². The third-order valence-electron chi connectivity index (χ3n) is 3.79. The van der Waals surface area contributed by atoms with Crippen LogP contribution in [0.1, 0.15) is 15.9 Å². The first-order valence-corrected chi connectivity index (χ1v) is 8.62. The van der Waals surface area contributed by atoms with E-state index in [9.17, 15) is 10.1 Å². The van der Waals surface area contributed by atoms with Crippen molar-refractivity contribution < 1.29 is 9.53 Å². The lowest BCUT2D eigenvalue weighted by atomic mass is 10.1. The van der Waals surface area contributed by atoms with Gasteiger partial charge in [0.1, 0.15) is 17.4 Å². The van der Waals surface area contributed by atoms with Crippen molar-refractivity contribution in [1.82, 2.24) is 4.98 Å². The van der Waals surface area contributed by atoms with Gasteiger partial charge in [0.05, 0.1) is 16.3 Å². The number of anilines is 1. The van der Waals surface area contributed by atoms with Crippen molar-refractivity contribution in [2.75, 3.05) is 11.9 Å². The van der Waals surface area contributed by atoms with Crippen molar-refractivity contribution >= 4 is 34.8 Å². The fourth-order valence-corrected chi connectivity index (χ4v) is 2.76. The SMILES string of the molecule is CN(C(=O)c1cccnc1Oc1cc(Cl)ccc1Cl)c1ccccc1C#N. The van der Waals surface area contributed by atoms with Crippen LogP contribution in [0.4, 0.5) is 5.69 Å². The van der Waals surface area contributed by atoms with E-state index in [-0.39, 0.29) is 23.1 Å². The summed E-state index contributed by atoms with van der Waals surface area (Å²) in [6.45, 7) is 0. The molecule has 134 valence electrons. The molecule has 0 spiro atoms. The minimum atomic E-state index is -0.376. The minimum absolute atomic E-state index is 0.0907. The fourth-order valence-electron chi connectivity index (χ4n) is 2.45. The molecule has 0 aliphatic heterocycles. The summed E-state index contributed by atoms with van der Waals surface area (Å²) in [5.41, 5.74) is 1.10. The Morgan fingerprint density at radius 1 is 1.15 bits per heavy atom. The molecule has 0 N–H and O–H groups in total. The molecule has 3 aromatic rings. The normalized spacial score (nSPS) is 10.1. The van der Waals surface area contributed by atoms with Gasteiger partial charge in [-0.15, -0.1) is 0 Å². The number of carbonyl (C=O) groups excluding carboxylic acids is 1. The first kappa shape index (κ1) is 18.7. The molecule has 0 bridgehead atoms. The lowest BCUT2D eigenvalue weighted by molar-refractivity contribution is 0.0990. The van der Waals surface area contributed by atoms with E-state index in [1.807, 2.05) is 0 Å². The van der Waals surface area contributed by atoms with Crippen LogP contribution in [-0.4, -0.2) is 17.9 Å². The van der Waals surface area contributed by atoms with Gasteiger partial charge in [-0.05, 0) is 36.4 Å². The predicted octanol–water partition coefficient (Wildman–Crippen LogP) is 5.33. The van der Waals surface area contributed by atoms with Gasteiger partial charge in [0.15, 0.2) is 0 Å². The molecule has 0 fully saturated rings. The smallest absolute Gasteiger partial charge is 0.263 e. The van der Waals surface area contributed by atoms with Gasteiger partial charge in [0.25, 0.3) is 5.91 Å². The summed E-state index contributed by atoms with van der Waals surface area (Å²) in [6.07, 6.45) is 1.51. The maximum atomic E-state index is 13.0. The summed E-state index contributed by atoms with van der Waals surface area (Å²) >= 11 is 12.1. The molecule has 0 saturated carbocycles. The highest BCUT2D eigenvalue weighted by Crippen LogP contribution is 2.33. The van der Waals surface area contributed by atoms with E-state index in [4.69, 9.17) is 27.9 Å². The van der Waals surface area contributed by atoms with Crippen LogP contribution in [-0.2, 0) is 0 Å². The van der Waals surface area contributed by atoms with E-state index in [0.717, 1.165) is 0 Å². The van der Waals surface area contributed by atoms with E-state index in [2.05, 4.69) is 11.1 Å². The van der Waals surface area contributed by atoms with Gasteiger partial charge in [0.2, 0.25) is 5.88 Å². The molecule has 27 heavy (non-hydrogen) atoms. The Morgan fingerprint density at radius 2 is 1.93 bits per heavy atom. The molecule has 0 saturated heterocycles. The zero-order chi connectivity index (χ0) is 19.4. The lowest BCUT2D eigenvalue weighted by Gasteiger charge is -2.19. The van der Waals surface area contributed by atoms with E-state index >= 15 is 0 Å². The molecule has 1 heterocycles. The van der Waals surface area contributed by atoms with Crippen LogP contribution in [0.3, 0.4) is 0 Å². The van der Waals surface area contributed by atoms with Crippen molar-refractivity contribution in [1.29, 1.82) is 5.26 Å². The van der Waals surface area contributed by atoms with Gasteiger partial charge >= 0.3 is 0 Å². The quantitative estimate of drug-likeness (QED) is 0.596. The molecular formula is C20H13Cl2N3O2. The molecule has 7 heteroatoms. The number of hydrogen-bond donors (Lipinski definition) is 0. The van der Waals surface area contributed by atoms with Crippen LogP contribution in [0.15, 0.2) is 60.8 Å². The number of pyridine rings is 1. The summed E-state index contributed by atoms with van der Waals surface area (Å²) in [5, 5.41) is 10.1. The van der Waals surface area contributed by atoms with Crippen LogP contribution < -0.4 is 9.64 Å². The molecular weight excluding hydrogens is 385 g/mol. The maximum Gasteiger partial charge on any atom is 0.263 e. The number of nitrogens with zero attached hydrogens (tertiary/aromatic N) is 3. The van der Waals surface area contributed by atoms with Gasteiger partial charge in [-0.25, -0.2) is 4.98 Å². The van der Waals surface area contributed by atoms with E-state index in [1.165, 1.54) is 11.1 Å². The van der Waals surface area contributed by atoms with E-state index < -0.39 is 0 Å². The number of ether oxygens (including phenoxy) is 1. The highest BCUT2D eigenvalue weighted by atomic mass is 35.5. The van der Waals surface area contributed by atoms with Crippen molar-refractivity contribution in [3.8, 4) is 17.7 Å². The minimum Gasteiger partial charge on any atom is -0.437 e. The molecule has 0 aliphatic rings. The fraction of sp³-hybridized carbons (Fsp3) is 0.0500. The Kier molecular flexibility index (Phi) is 5.60. The first-order valence-electron chi connectivity index (χ1n) is 7.86. The van der Waals surface area contributed by atoms with E-state index in [1.54, 1.807) is 61.6 Å². The predicted molar refractivity (Wildman–Crippen MR) is 105 cm³/mol. The lowest BCUT2D eigenvalue weighted by Crippen LogP contribution is -2.27. The Labute approximate surface area is 166 Å². The van der Waals surface area contributed by atoms with Crippen molar-refractivity contribution in [3.63, 3.8) is 0 Å². The summed E-state index contributed by atoms with van der Waals surface area (Å²) in [7, 11) is 1.58. The number of amides is 1. The van der Waals surface area contributed by atoms with Crippen molar-refractivity contribution in [2.24, 2.45) is 0 Å². The largest absolute Gasteiger partial charge is 0.437 e. The highest BCUT2D eigenvalue weighted by Gasteiger charge is 2.21. The van der Waals surface area contributed by atoms with Crippen LogP contribution >= 0.6 is 23.2 Å². The number of hydrogen-bond acceptors (Lipinski definition) is 4. The van der Waals surface area contributed by atoms with Gasteiger partial charge in [-0.1, -0.05) is 35.3 Å².